The summed E-state index contributed by atoms with van der Waals surface area (Å²) in [5.41, 5.74) is 0. The Balaban J connectivity index is 1.37. The van der Waals surface area contributed by atoms with Crippen LogP contribution in [-0.4, -0.2) is 94.0 Å². The van der Waals surface area contributed by atoms with Crippen LogP contribution in [0.4, 0.5) is 0 Å². The van der Waals surface area contributed by atoms with Crippen LogP contribution in [0.5, 0.6) is 0 Å². The quantitative estimate of drug-likeness (QED) is 0.274. The Bertz CT molecular complexity index is 804. The Labute approximate surface area is 171 Å². The van der Waals surface area contributed by atoms with Crippen molar-refractivity contribution < 1.29 is 13.2 Å². The second-order valence-electron chi connectivity index (χ2n) is 7.17. The van der Waals surface area contributed by atoms with Gasteiger partial charge >= 0.3 is 0 Å². The van der Waals surface area contributed by atoms with Crippen LogP contribution < -0.4 is 15.4 Å². The number of carbonyl (C=O) groups excluding carboxylic acids is 1. The van der Waals surface area contributed by atoms with Crippen LogP contribution >= 0.6 is 0 Å². The molecule has 1 amide bonds. The fourth-order valence-corrected chi connectivity index (χ4v) is 4.10. The molecular formula is C18H29N7O3S. The normalized spacial score (nSPS) is 18.5. The Morgan fingerprint density at radius 2 is 2.00 bits per heavy atom. The maximum Gasteiger partial charge on any atom is 0.242 e. The van der Waals surface area contributed by atoms with E-state index < -0.39 is 10.0 Å². The molecule has 1 saturated heterocycles. The minimum Gasteiger partial charge on any atom is -0.355 e. The number of pyridine rings is 1. The van der Waals surface area contributed by atoms with Crippen LogP contribution in [-0.2, 0) is 14.8 Å². The lowest BCUT2D eigenvalue weighted by atomic mass is 10.3. The molecule has 1 saturated carbocycles. The molecule has 1 aliphatic heterocycles. The number of carbonyl (C=O) groups is 1. The van der Waals surface area contributed by atoms with Gasteiger partial charge in [-0.2, -0.15) is 0 Å². The third-order valence-electron chi connectivity index (χ3n) is 4.84. The minimum atomic E-state index is -3.56. The summed E-state index contributed by atoms with van der Waals surface area (Å²) in [6, 6.07) is 3.48. The van der Waals surface area contributed by atoms with E-state index in [2.05, 4.69) is 35.1 Å². The first-order valence-electron chi connectivity index (χ1n) is 9.85. The summed E-state index contributed by atoms with van der Waals surface area (Å²) in [4.78, 5) is 24.4. The average molecular weight is 424 g/mol. The van der Waals surface area contributed by atoms with Gasteiger partial charge in [-0.1, -0.05) is 0 Å². The Morgan fingerprint density at radius 3 is 2.62 bits per heavy atom. The maximum atomic E-state index is 12.2. The molecule has 1 aromatic rings. The zero-order valence-electron chi connectivity index (χ0n) is 16.7. The van der Waals surface area contributed by atoms with Crippen LogP contribution in [0.2, 0.25) is 0 Å². The zero-order valence-corrected chi connectivity index (χ0v) is 17.5. The van der Waals surface area contributed by atoms with E-state index in [0.29, 0.717) is 19.1 Å². The minimum absolute atomic E-state index is 0.101. The van der Waals surface area contributed by atoms with E-state index in [1.165, 1.54) is 18.5 Å². The second kappa shape index (κ2) is 9.99. The second-order valence-corrected chi connectivity index (χ2v) is 8.93. The van der Waals surface area contributed by atoms with E-state index in [1.807, 2.05) is 0 Å². The maximum absolute atomic E-state index is 12.2. The number of guanidine groups is 1. The number of aliphatic imine (C=N–C) groups is 1. The molecule has 3 rings (SSSR count). The smallest absolute Gasteiger partial charge is 0.242 e. The topological polar surface area (TPSA) is 119 Å². The monoisotopic (exact) mass is 423 g/mol. The van der Waals surface area contributed by atoms with Crippen LogP contribution in [0.3, 0.4) is 0 Å². The molecule has 0 radical (unpaired) electrons. The summed E-state index contributed by atoms with van der Waals surface area (Å²) in [5.74, 6) is 0.831. The molecule has 2 heterocycles. The first-order chi connectivity index (χ1) is 14.0. The van der Waals surface area contributed by atoms with Gasteiger partial charge in [-0.3, -0.25) is 19.7 Å². The lowest BCUT2D eigenvalue weighted by molar-refractivity contribution is -0.122. The van der Waals surface area contributed by atoms with Gasteiger partial charge in [-0.15, -0.1) is 0 Å². The van der Waals surface area contributed by atoms with Crippen molar-refractivity contribution in [1.29, 1.82) is 0 Å². The highest BCUT2D eigenvalue weighted by molar-refractivity contribution is 7.89. The van der Waals surface area contributed by atoms with Gasteiger partial charge in [-0.25, -0.2) is 13.1 Å². The highest BCUT2D eigenvalue weighted by atomic mass is 32.2. The number of sulfonamides is 1. The molecule has 11 heteroatoms. The largest absolute Gasteiger partial charge is 0.355 e. The lowest BCUT2D eigenvalue weighted by Gasteiger charge is -2.36. The summed E-state index contributed by atoms with van der Waals surface area (Å²) in [6.45, 7) is 4.18. The number of hydrogen-bond donors (Lipinski definition) is 3. The summed E-state index contributed by atoms with van der Waals surface area (Å²) in [5, 5.41) is 6.20. The summed E-state index contributed by atoms with van der Waals surface area (Å²) in [6.07, 6.45) is 5.04. The molecule has 0 bridgehead atoms. The number of aromatic nitrogens is 1. The van der Waals surface area contributed by atoms with Crippen molar-refractivity contribution >= 4 is 21.9 Å². The van der Waals surface area contributed by atoms with Crippen molar-refractivity contribution in [2.45, 2.75) is 23.8 Å². The molecule has 10 nitrogen and oxygen atoms in total. The van der Waals surface area contributed by atoms with Gasteiger partial charge in [0, 0.05) is 64.8 Å². The highest BCUT2D eigenvalue weighted by Crippen LogP contribution is 2.18. The first kappa shape index (κ1) is 21.5. The summed E-state index contributed by atoms with van der Waals surface area (Å²) >= 11 is 0. The van der Waals surface area contributed by atoms with Crippen molar-refractivity contribution in [2.24, 2.45) is 4.99 Å². The SMILES string of the molecule is CN=C(NCCNS(=O)(=O)c1cccnc1)N1CCN(CC(=O)NC2CC2)CC1. The Kier molecular flexibility index (Phi) is 7.40. The third kappa shape index (κ3) is 6.65. The van der Waals surface area contributed by atoms with E-state index in [1.54, 1.807) is 13.1 Å². The van der Waals surface area contributed by atoms with Crippen LogP contribution in [0.1, 0.15) is 12.8 Å². The van der Waals surface area contributed by atoms with Crippen molar-refractivity contribution in [3.05, 3.63) is 24.5 Å². The molecule has 3 N–H and O–H groups in total. The van der Waals surface area contributed by atoms with Gasteiger partial charge in [0.05, 0.1) is 6.54 Å². The fraction of sp³-hybridized carbons (Fsp3) is 0.611. The standard InChI is InChI=1S/C18H29N7O3S/c1-19-18(21-7-8-22-29(27,28)16-3-2-6-20-13-16)25-11-9-24(10-12-25)14-17(26)23-15-4-5-15/h2-3,6,13,15,22H,4-5,7-12,14H2,1H3,(H,19,21)(H,23,26). The number of amides is 1. The molecule has 0 spiro atoms. The lowest BCUT2D eigenvalue weighted by Crippen LogP contribution is -2.54. The van der Waals surface area contributed by atoms with Gasteiger partial charge in [0.15, 0.2) is 5.96 Å². The number of piperazine rings is 1. The summed E-state index contributed by atoms with van der Waals surface area (Å²) in [7, 11) is -1.86. The van der Waals surface area contributed by atoms with E-state index in [4.69, 9.17) is 0 Å². The zero-order chi connectivity index (χ0) is 20.7. The highest BCUT2D eigenvalue weighted by Gasteiger charge is 2.25. The molecule has 2 fully saturated rings. The number of nitrogens with one attached hydrogen (secondary N) is 3. The molecule has 160 valence electrons. The van der Waals surface area contributed by atoms with Gasteiger partial charge in [0.2, 0.25) is 15.9 Å². The van der Waals surface area contributed by atoms with E-state index in [9.17, 15) is 13.2 Å². The van der Waals surface area contributed by atoms with Crippen molar-refractivity contribution in [2.75, 3.05) is 52.9 Å². The van der Waals surface area contributed by atoms with Crippen molar-refractivity contribution in [1.82, 2.24) is 30.1 Å². The number of nitrogens with zero attached hydrogens (tertiary/aromatic N) is 4. The third-order valence-corrected chi connectivity index (χ3v) is 6.28. The molecule has 1 aliphatic carbocycles. The first-order valence-corrected chi connectivity index (χ1v) is 11.3. The van der Waals surface area contributed by atoms with Gasteiger partial charge in [0.1, 0.15) is 4.90 Å². The van der Waals surface area contributed by atoms with Crippen molar-refractivity contribution in [3.8, 4) is 0 Å². The van der Waals surface area contributed by atoms with E-state index >= 15 is 0 Å². The van der Waals surface area contributed by atoms with Gasteiger partial charge < -0.3 is 15.5 Å². The van der Waals surface area contributed by atoms with Crippen LogP contribution in [0.25, 0.3) is 0 Å². The number of hydrogen-bond acceptors (Lipinski definition) is 6. The molecule has 0 atom stereocenters. The predicted molar refractivity (Wildman–Crippen MR) is 110 cm³/mol. The molecular weight excluding hydrogens is 394 g/mol. The van der Waals surface area contributed by atoms with Crippen LogP contribution in [0.15, 0.2) is 34.4 Å². The summed E-state index contributed by atoms with van der Waals surface area (Å²) < 4.78 is 26.9. The molecule has 2 aliphatic rings. The fourth-order valence-electron chi connectivity index (χ4n) is 3.10. The molecule has 0 aromatic carbocycles. The van der Waals surface area contributed by atoms with Crippen molar-refractivity contribution in [3.63, 3.8) is 0 Å². The Hall–Kier alpha value is -2.24. The predicted octanol–water partition coefficient (Wildman–Crippen LogP) is -1.17. The van der Waals surface area contributed by atoms with E-state index in [0.717, 1.165) is 45.0 Å². The van der Waals surface area contributed by atoms with Gasteiger partial charge in [0.25, 0.3) is 0 Å². The molecule has 29 heavy (non-hydrogen) atoms. The molecule has 0 unspecified atom stereocenters. The van der Waals surface area contributed by atoms with Crippen LogP contribution in [0, 0.1) is 0 Å². The van der Waals surface area contributed by atoms with Gasteiger partial charge in [-0.05, 0) is 25.0 Å². The molecule has 1 aromatic heterocycles. The van der Waals surface area contributed by atoms with E-state index in [-0.39, 0.29) is 17.3 Å². The average Bonchev–Trinajstić information content (AvgIpc) is 3.53. The Morgan fingerprint density at radius 1 is 1.24 bits per heavy atom. The number of rotatable bonds is 8.